The number of halogens is 1. The van der Waals surface area contributed by atoms with E-state index in [9.17, 15) is 0 Å². The van der Waals surface area contributed by atoms with Crippen LogP contribution < -0.4 is 11.5 Å². The van der Waals surface area contributed by atoms with E-state index in [1.165, 1.54) is 0 Å². The third kappa shape index (κ3) is 4.91. The number of benzene rings is 1. The predicted octanol–water partition coefficient (Wildman–Crippen LogP) is 1.89. The fourth-order valence-corrected chi connectivity index (χ4v) is 1.69. The van der Waals surface area contributed by atoms with Crippen molar-refractivity contribution in [1.82, 2.24) is 4.90 Å². The highest BCUT2D eigenvalue weighted by molar-refractivity contribution is 14.1. The summed E-state index contributed by atoms with van der Waals surface area (Å²) in [5, 5.41) is 0. The van der Waals surface area contributed by atoms with Gasteiger partial charge in [0.05, 0.1) is 5.69 Å². The van der Waals surface area contributed by atoms with Gasteiger partial charge in [-0.15, -0.1) is 0 Å². The number of nitrogens with two attached hydrogens (primary N) is 2. The molecule has 0 saturated heterocycles. The Labute approximate surface area is 121 Å². The number of aliphatic imine (C=N–C) groups is 2. The third-order valence-corrected chi connectivity index (χ3v) is 2.97. The molecule has 6 heteroatoms. The summed E-state index contributed by atoms with van der Waals surface area (Å²) in [5.74, 6) is 0.542. The van der Waals surface area contributed by atoms with E-state index < -0.39 is 0 Å². The minimum absolute atomic E-state index is 0.164. The fourth-order valence-electron chi connectivity index (χ4n) is 1.33. The van der Waals surface area contributed by atoms with Crippen molar-refractivity contribution in [3.63, 3.8) is 0 Å². The Morgan fingerprint density at radius 1 is 1.28 bits per heavy atom. The van der Waals surface area contributed by atoms with Crippen molar-refractivity contribution < 1.29 is 0 Å². The van der Waals surface area contributed by atoms with Crippen LogP contribution >= 0.6 is 22.6 Å². The predicted molar refractivity (Wildman–Crippen MR) is 85.0 cm³/mol. The zero-order chi connectivity index (χ0) is 13.5. The minimum Gasteiger partial charge on any atom is -0.369 e. The van der Waals surface area contributed by atoms with Gasteiger partial charge in [-0.2, -0.15) is 4.99 Å². The SMILES string of the molecule is CCCN(C)C(N)=NC(N)=Nc1ccc(I)cc1. The zero-order valence-corrected chi connectivity index (χ0v) is 12.8. The van der Waals surface area contributed by atoms with E-state index in [-0.39, 0.29) is 5.96 Å². The maximum atomic E-state index is 5.80. The molecule has 0 heterocycles. The van der Waals surface area contributed by atoms with E-state index in [4.69, 9.17) is 11.5 Å². The van der Waals surface area contributed by atoms with E-state index in [0.717, 1.165) is 22.2 Å². The van der Waals surface area contributed by atoms with Gasteiger partial charge in [-0.05, 0) is 53.3 Å². The first kappa shape index (κ1) is 14.7. The lowest BCUT2D eigenvalue weighted by molar-refractivity contribution is 0.496. The van der Waals surface area contributed by atoms with Gasteiger partial charge in [0.2, 0.25) is 5.96 Å². The van der Waals surface area contributed by atoms with E-state index >= 15 is 0 Å². The molecule has 5 nitrogen and oxygen atoms in total. The van der Waals surface area contributed by atoms with Gasteiger partial charge in [-0.3, -0.25) is 0 Å². The Morgan fingerprint density at radius 3 is 2.44 bits per heavy atom. The number of hydrogen-bond acceptors (Lipinski definition) is 1. The van der Waals surface area contributed by atoms with Crippen molar-refractivity contribution in [2.24, 2.45) is 21.5 Å². The number of nitrogens with zero attached hydrogens (tertiary/aromatic N) is 3. The van der Waals surface area contributed by atoms with Crippen LogP contribution in [0.25, 0.3) is 0 Å². The Kier molecular flexibility index (Phi) is 5.90. The van der Waals surface area contributed by atoms with Gasteiger partial charge >= 0.3 is 0 Å². The second-order valence-electron chi connectivity index (χ2n) is 3.84. The summed E-state index contributed by atoms with van der Waals surface area (Å²) in [7, 11) is 1.88. The molecule has 1 rings (SSSR count). The van der Waals surface area contributed by atoms with Crippen LogP contribution in [0.1, 0.15) is 13.3 Å². The van der Waals surface area contributed by atoms with Crippen LogP contribution in [0.3, 0.4) is 0 Å². The van der Waals surface area contributed by atoms with Crippen molar-refractivity contribution >= 4 is 40.2 Å². The normalized spacial score (nSPS) is 12.6. The summed E-state index contributed by atoms with van der Waals surface area (Å²) in [5.41, 5.74) is 12.3. The maximum absolute atomic E-state index is 5.80. The smallest absolute Gasteiger partial charge is 0.223 e. The molecule has 0 amide bonds. The van der Waals surface area contributed by atoms with Gasteiger partial charge in [-0.1, -0.05) is 6.92 Å². The van der Waals surface area contributed by atoms with Gasteiger partial charge in [0.15, 0.2) is 5.96 Å². The topological polar surface area (TPSA) is 80.0 Å². The van der Waals surface area contributed by atoms with Crippen molar-refractivity contribution in [2.75, 3.05) is 13.6 Å². The van der Waals surface area contributed by atoms with Crippen LogP contribution in [0.5, 0.6) is 0 Å². The van der Waals surface area contributed by atoms with Gasteiger partial charge in [0.1, 0.15) is 0 Å². The first-order chi connectivity index (χ1) is 8.52. The molecule has 98 valence electrons. The van der Waals surface area contributed by atoms with Crippen LogP contribution in [-0.4, -0.2) is 30.4 Å². The lowest BCUT2D eigenvalue weighted by atomic mass is 10.3. The van der Waals surface area contributed by atoms with Crippen LogP contribution in [0.15, 0.2) is 34.3 Å². The Morgan fingerprint density at radius 2 is 1.89 bits per heavy atom. The summed E-state index contributed by atoms with van der Waals surface area (Å²) >= 11 is 2.23. The molecule has 4 N–H and O–H groups in total. The second kappa shape index (κ2) is 7.20. The van der Waals surface area contributed by atoms with Crippen LogP contribution in [-0.2, 0) is 0 Å². The molecule has 0 spiro atoms. The zero-order valence-electron chi connectivity index (χ0n) is 10.6. The first-order valence-electron chi connectivity index (χ1n) is 5.68. The minimum atomic E-state index is 0.164. The largest absolute Gasteiger partial charge is 0.369 e. The van der Waals surface area contributed by atoms with Crippen molar-refractivity contribution in [1.29, 1.82) is 0 Å². The fraction of sp³-hybridized carbons (Fsp3) is 0.333. The van der Waals surface area contributed by atoms with Gasteiger partial charge < -0.3 is 16.4 Å². The Hall–Kier alpha value is -1.31. The third-order valence-electron chi connectivity index (χ3n) is 2.25. The molecule has 0 bridgehead atoms. The average Bonchev–Trinajstić information content (AvgIpc) is 2.32. The molecule has 1 aromatic carbocycles. The highest BCUT2D eigenvalue weighted by Crippen LogP contribution is 2.14. The lowest BCUT2D eigenvalue weighted by Gasteiger charge is -2.16. The standard InChI is InChI=1S/C12H18IN5/c1-3-8-18(2)12(15)17-11(14)16-10-6-4-9(13)5-7-10/h4-7H,3,8H2,1-2H3,(H4,14,15,16,17). The maximum Gasteiger partial charge on any atom is 0.223 e. The lowest BCUT2D eigenvalue weighted by Crippen LogP contribution is -2.36. The summed E-state index contributed by atoms with van der Waals surface area (Å²) in [4.78, 5) is 10.1. The number of guanidine groups is 2. The molecule has 0 aliphatic carbocycles. The van der Waals surface area contributed by atoms with Crippen LogP contribution in [0.4, 0.5) is 5.69 Å². The van der Waals surface area contributed by atoms with Crippen molar-refractivity contribution in [3.8, 4) is 0 Å². The Bertz CT molecular complexity index is 438. The molecule has 1 aromatic rings. The molecule has 18 heavy (non-hydrogen) atoms. The summed E-state index contributed by atoms with van der Waals surface area (Å²) < 4.78 is 1.15. The molecule has 0 aliphatic heterocycles. The molecular formula is C12H18IN5. The molecule has 0 aromatic heterocycles. The molecule has 0 aliphatic rings. The molecule has 0 atom stereocenters. The quantitative estimate of drug-likeness (QED) is 0.491. The van der Waals surface area contributed by atoms with E-state index in [1.807, 2.05) is 36.2 Å². The van der Waals surface area contributed by atoms with Gasteiger partial charge in [0, 0.05) is 17.2 Å². The molecule has 0 saturated carbocycles. The number of rotatable bonds is 3. The van der Waals surface area contributed by atoms with E-state index in [1.54, 1.807) is 0 Å². The highest BCUT2D eigenvalue weighted by Gasteiger charge is 2.01. The first-order valence-corrected chi connectivity index (χ1v) is 6.76. The monoisotopic (exact) mass is 359 g/mol. The molecular weight excluding hydrogens is 341 g/mol. The summed E-state index contributed by atoms with van der Waals surface area (Å²) in [6.07, 6.45) is 1.00. The van der Waals surface area contributed by atoms with Gasteiger partial charge in [0.25, 0.3) is 0 Å². The molecule has 0 unspecified atom stereocenters. The highest BCUT2D eigenvalue weighted by atomic mass is 127. The molecule has 0 fully saturated rings. The van der Waals surface area contributed by atoms with E-state index in [0.29, 0.717) is 5.96 Å². The average molecular weight is 359 g/mol. The van der Waals surface area contributed by atoms with Crippen LogP contribution in [0.2, 0.25) is 0 Å². The number of hydrogen-bond donors (Lipinski definition) is 2. The van der Waals surface area contributed by atoms with Crippen molar-refractivity contribution in [2.45, 2.75) is 13.3 Å². The van der Waals surface area contributed by atoms with Crippen molar-refractivity contribution in [3.05, 3.63) is 27.8 Å². The van der Waals surface area contributed by atoms with Crippen LogP contribution in [0, 0.1) is 3.57 Å². The van der Waals surface area contributed by atoms with E-state index in [2.05, 4.69) is 39.5 Å². The summed E-state index contributed by atoms with van der Waals surface area (Å²) in [6.45, 7) is 2.92. The summed E-state index contributed by atoms with van der Waals surface area (Å²) in [6, 6.07) is 7.69. The van der Waals surface area contributed by atoms with Gasteiger partial charge in [-0.25, -0.2) is 4.99 Å². The molecule has 0 radical (unpaired) electrons. The second-order valence-corrected chi connectivity index (χ2v) is 5.08. The Balaban J connectivity index is 2.77.